The molecule has 104 valence electrons. The van der Waals surface area contributed by atoms with E-state index in [1.165, 1.54) is 12.1 Å². The maximum atomic E-state index is 11.4. The molecule has 1 N–H and O–H groups in total. The van der Waals surface area contributed by atoms with Crippen molar-refractivity contribution in [3.63, 3.8) is 0 Å². The Bertz CT molecular complexity index is 594. The molecule has 0 unspecified atom stereocenters. The van der Waals surface area contributed by atoms with Gasteiger partial charge in [0, 0.05) is 0 Å². The molecule has 0 aliphatic rings. The molecule has 0 atom stereocenters. The standard InChI is InChI=1S/C13H12N2O5/c16-13(19-9-10-4-2-1-3-5-10)14-8-11-6-7-12(20-11)15(17)18/h1-7H,8-9H2,(H,14,16). The number of ether oxygens (including phenoxy) is 1. The number of alkyl carbamates (subject to hydrolysis) is 1. The van der Waals surface area contributed by atoms with Crippen LogP contribution in [0.25, 0.3) is 0 Å². The molecule has 0 aliphatic heterocycles. The van der Waals surface area contributed by atoms with Gasteiger partial charge in [-0.15, -0.1) is 0 Å². The fraction of sp³-hybridized carbons (Fsp3) is 0.154. The zero-order valence-electron chi connectivity index (χ0n) is 10.4. The van der Waals surface area contributed by atoms with E-state index in [9.17, 15) is 14.9 Å². The Labute approximate surface area is 114 Å². The Morgan fingerprint density at radius 2 is 2.00 bits per heavy atom. The van der Waals surface area contributed by atoms with Crippen molar-refractivity contribution in [1.82, 2.24) is 5.32 Å². The maximum Gasteiger partial charge on any atom is 0.433 e. The van der Waals surface area contributed by atoms with Crippen LogP contribution in [0.15, 0.2) is 46.9 Å². The van der Waals surface area contributed by atoms with Crippen molar-refractivity contribution in [2.24, 2.45) is 0 Å². The van der Waals surface area contributed by atoms with Gasteiger partial charge in [0.15, 0.2) is 0 Å². The number of hydrogen-bond donors (Lipinski definition) is 1. The van der Waals surface area contributed by atoms with Crippen molar-refractivity contribution < 1.29 is 18.9 Å². The summed E-state index contributed by atoms with van der Waals surface area (Å²) in [6, 6.07) is 11.9. The minimum atomic E-state index is -0.642. The van der Waals surface area contributed by atoms with Gasteiger partial charge in [0.05, 0.1) is 12.6 Å². The van der Waals surface area contributed by atoms with Crippen LogP contribution in [0.4, 0.5) is 10.7 Å². The quantitative estimate of drug-likeness (QED) is 0.669. The average Bonchev–Trinajstić information content (AvgIpc) is 2.93. The van der Waals surface area contributed by atoms with Gasteiger partial charge < -0.3 is 14.5 Å². The van der Waals surface area contributed by atoms with Crippen molar-refractivity contribution in [1.29, 1.82) is 0 Å². The molecule has 7 nitrogen and oxygen atoms in total. The molecule has 0 bridgehead atoms. The number of carbonyl (C=O) groups is 1. The first-order valence-corrected chi connectivity index (χ1v) is 5.83. The van der Waals surface area contributed by atoms with E-state index in [-0.39, 0.29) is 24.8 Å². The summed E-state index contributed by atoms with van der Waals surface area (Å²) >= 11 is 0. The molecule has 1 heterocycles. The summed E-state index contributed by atoms with van der Waals surface area (Å²) in [5.74, 6) is -0.0761. The zero-order valence-corrected chi connectivity index (χ0v) is 10.4. The summed E-state index contributed by atoms with van der Waals surface area (Å²) in [4.78, 5) is 21.2. The molecular formula is C13H12N2O5. The van der Waals surface area contributed by atoms with E-state index < -0.39 is 11.0 Å². The summed E-state index contributed by atoms with van der Waals surface area (Å²) in [5, 5.41) is 12.9. The lowest BCUT2D eigenvalue weighted by molar-refractivity contribution is -0.402. The van der Waals surface area contributed by atoms with Crippen molar-refractivity contribution >= 4 is 12.0 Å². The SMILES string of the molecule is O=C(NCc1ccc([N+](=O)[O-])o1)OCc1ccccc1. The highest BCUT2D eigenvalue weighted by Crippen LogP contribution is 2.15. The highest BCUT2D eigenvalue weighted by Gasteiger charge is 2.12. The minimum Gasteiger partial charge on any atom is -0.445 e. The van der Waals surface area contributed by atoms with Crippen LogP contribution < -0.4 is 5.32 Å². The molecule has 0 aliphatic carbocycles. The number of rotatable bonds is 5. The van der Waals surface area contributed by atoms with Crippen molar-refractivity contribution in [2.75, 3.05) is 0 Å². The average molecular weight is 276 g/mol. The van der Waals surface area contributed by atoms with E-state index in [1.807, 2.05) is 30.3 Å². The van der Waals surface area contributed by atoms with Gasteiger partial charge in [0.1, 0.15) is 17.3 Å². The third kappa shape index (κ3) is 3.84. The summed E-state index contributed by atoms with van der Waals surface area (Å²) in [6.45, 7) is 0.187. The fourth-order valence-electron chi connectivity index (χ4n) is 1.49. The van der Waals surface area contributed by atoms with Gasteiger partial charge in [-0.05, 0) is 11.6 Å². The van der Waals surface area contributed by atoms with Gasteiger partial charge in [0.2, 0.25) is 0 Å². The molecule has 1 amide bonds. The summed E-state index contributed by atoms with van der Waals surface area (Å²) < 4.78 is 9.87. The van der Waals surface area contributed by atoms with Crippen LogP contribution >= 0.6 is 0 Å². The van der Waals surface area contributed by atoms with Gasteiger partial charge in [-0.25, -0.2) is 4.79 Å². The molecule has 0 saturated heterocycles. The van der Waals surface area contributed by atoms with E-state index >= 15 is 0 Å². The van der Waals surface area contributed by atoms with Crippen LogP contribution in [0.2, 0.25) is 0 Å². The molecule has 0 spiro atoms. The Morgan fingerprint density at radius 1 is 1.25 bits per heavy atom. The molecule has 2 aromatic rings. The van der Waals surface area contributed by atoms with Crippen molar-refractivity contribution in [3.05, 3.63) is 63.9 Å². The minimum absolute atomic E-state index is 0.0292. The molecule has 2 rings (SSSR count). The maximum absolute atomic E-state index is 11.4. The van der Waals surface area contributed by atoms with Gasteiger partial charge in [-0.1, -0.05) is 30.3 Å². The van der Waals surface area contributed by atoms with E-state index in [4.69, 9.17) is 9.15 Å². The Balaban J connectivity index is 1.76. The molecule has 7 heteroatoms. The summed E-state index contributed by atoms with van der Waals surface area (Å²) in [5.41, 5.74) is 0.872. The van der Waals surface area contributed by atoms with Crippen molar-refractivity contribution in [3.8, 4) is 0 Å². The monoisotopic (exact) mass is 276 g/mol. The first-order valence-electron chi connectivity index (χ1n) is 5.83. The van der Waals surface area contributed by atoms with Gasteiger partial charge in [-0.3, -0.25) is 10.1 Å². The van der Waals surface area contributed by atoms with E-state index in [1.54, 1.807) is 0 Å². The molecule has 0 fully saturated rings. The lowest BCUT2D eigenvalue weighted by atomic mass is 10.2. The fourth-order valence-corrected chi connectivity index (χ4v) is 1.49. The van der Waals surface area contributed by atoms with Crippen molar-refractivity contribution in [2.45, 2.75) is 13.2 Å². The topological polar surface area (TPSA) is 94.6 Å². The van der Waals surface area contributed by atoms with Gasteiger partial charge in [0.25, 0.3) is 0 Å². The van der Waals surface area contributed by atoms with E-state index in [2.05, 4.69) is 5.32 Å². The Morgan fingerprint density at radius 3 is 2.65 bits per heavy atom. The number of nitrogens with zero attached hydrogens (tertiary/aromatic N) is 1. The Hall–Kier alpha value is -2.83. The highest BCUT2D eigenvalue weighted by molar-refractivity contribution is 5.67. The highest BCUT2D eigenvalue weighted by atomic mass is 16.6. The number of carbonyl (C=O) groups excluding carboxylic acids is 1. The van der Waals surface area contributed by atoms with Crippen LogP contribution in [0, 0.1) is 10.1 Å². The number of nitrogens with one attached hydrogen (secondary N) is 1. The summed E-state index contributed by atoms with van der Waals surface area (Å²) in [7, 11) is 0. The first-order chi connectivity index (χ1) is 9.65. The van der Waals surface area contributed by atoms with Crippen LogP contribution in [0.3, 0.4) is 0 Å². The second-order valence-corrected chi connectivity index (χ2v) is 3.91. The predicted octanol–water partition coefficient (Wildman–Crippen LogP) is 2.61. The van der Waals surface area contributed by atoms with Gasteiger partial charge in [-0.2, -0.15) is 0 Å². The molecule has 0 saturated carbocycles. The third-order valence-electron chi connectivity index (χ3n) is 2.45. The van der Waals surface area contributed by atoms with Crippen LogP contribution in [-0.4, -0.2) is 11.0 Å². The number of amides is 1. The van der Waals surface area contributed by atoms with Gasteiger partial charge >= 0.3 is 12.0 Å². The smallest absolute Gasteiger partial charge is 0.433 e. The van der Waals surface area contributed by atoms with Crippen LogP contribution in [0.5, 0.6) is 0 Å². The largest absolute Gasteiger partial charge is 0.445 e. The molecular weight excluding hydrogens is 264 g/mol. The number of nitro groups is 1. The molecule has 20 heavy (non-hydrogen) atoms. The lowest BCUT2D eigenvalue weighted by Crippen LogP contribution is -2.23. The number of benzene rings is 1. The second-order valence-electron chi connectivity index (χ2n) is 3.91. The lowest BCUT2D eigenvalue weighted by Gasteiger charge is -2.05. The zero-order chi connectivity index (χ0) is 14.4. The van der Waals surface area contributed by atoms with Crippen LogP contribution in [0.1, 0.15) is 11.3 Å². The predicted molar refractivity (Wildman–Crippen MR) is 68.8 cm³/mol. The third-order valence-corrected chi connectivity index (χ3v) is 2.45. The van der Waals surface area contributed by atoms with E-state index in [0.717, 1.165) is 5.56 Å². The number of furan rings is 1. The molecule has 1 aromatic carbocycles. The second kappa shape index (κ2) is 6.37. The van der Waals surface area contributed by atoms with Crippen LogP contribution in [-0.2, 0) is 17.9 Å². The Kier molecular flexibility index (Phi) is 4.33. The first kappa shape index (κ1) is 13.6. The summed E-state index contributed by atoms with van der Waals surface area (Å²) in [6.07, 6.45) is -0.618. The normalized spacial score (nSPS) is 10.0. The molecule has 1 aromatic heterocycles. The van der Waals surface area contributed by atoms with E-state index in [0.29, 0.717) is 0 Å². The molecule has 0 radical (unpaired) electrons. The number of hydrogen-bond acceptors (Lipinski definition) is 5.